The Morgan fingerprint density at radius 1 is 1.14 bits per heavy atom. The molecule has 0 atom stereocenters. The van der Waals surface area contributed by atoms with E-state index in [1.165, 1.54) is 0 Å². The molecule has 21 heavy (non-hydrogen) atoms. The van der Waals surface area contributed by atoms with Gasteiger partial charge in [0, 0.05) is 17.1 Å². The van der Waals surface area contributed by atoms with Crippen LogP contribution in [0.2, 0.25) is 5.02 Å². The first kappa shape index (κ1) is 15.5. The van der Waals surface area contributed by atoms with Crippen molar-refractivity contribution >= 4 is 17.5 Å². The van der Waals surface area contributed by atoms with Crippen LogP contribution < -0.4 is 5.32 Å². The van der Waals surface area contributed by atoms with Gasteiger partial charge >= 0.3 is 0 Å². The number of hydrogen-bond acceptors (Lipinski definition) is 2. The van der Waals surface area contributed by atoms with E-state index in [2.05, 4.69) is 5.32 Å². The van der Waals surface area contributed by atoms with Gasteiger partial charge in [0.15, 0.2) is 0 Å². The highest BCUT2D eigenvalue weighted by atomic mass is 35.5. The number of carbonyl (C=O) groups excluding carboxylic acids is 1. The Morgan fingerprint density at radius 2 is 1.81 bits per heavy atom. The van der Waals surface area contributed by atoms with Crippen LogP contribution in [0, 0.1) is 6.92 Å². The van der Waals surface area contributed by atoms with Gasteiger partial charge in [-0.1, -0.05) is 41.9 Å². The molecular formula is C17H18ClNO2. The number of nitrogens with one attached hydrogen (secondary N) is 1. The van der Waals surface area contributed by atoms with Crippen molar-refractivity contribution in [1.29, 1.82) is 0 Å². The molecule has 3 nitrogen and oxygen atoms in total. The summed E-state index contributed by atoms with van der Waals surface area (Å²) in [6, 6.07) is 13.0. The largest absolute Gasteiger partial charge is 0.392 e. The summed E-state index contributed by atoms with van der Waals surface area (Å²) in [6.07, 6.45) is 0.747. The number of hydrogen-bond donors (Lipinski definition) is 2. The van der Waals surface area contributed by atoms with Crippen molar-refractivity contribution in [3.63, 3.8) is 0 Å². The minimum Gasteiger partial charge on any atom is -0.392 e. The van der Waals surface area contributed by atoms with E-state index in [4.69, 9.17) is 16.7 Å². The molecule has 2 rings (SSSR count). The van der Waals surface area contributed by atoms with Crippen LogP contribution in [0.5, 0.6) is 0 Å². The van der Waals surface area contributed by atoms with Gasteiger partial charge in [-0.3, -0.25) is 4.79 Å². The van der Waals surface area contributed by atoms with E-state index in [1.807, 2.05) is 37.3 Å². The zero-order valence-electron chi connectivity index (χ0n) is 11.9. The van der Waals surface area contributed by atoms with Gasteiger partial charge in [0.1, 0.15) is 0 Å². The predicted molar refractivity (Wildman–Crippen MR) is 84.6 cm³/mol. The number of aliphatic hydroxyl groups is 1. The molecule has 0 spiro atoms. The van der Waals surface area contributed by atoms with Crippen LogP contribution in [0.1, 0.15) is 27.0 Å². The van der Waals surface area contributed by atoms with E-state index in [0.717, 1.165) is 23.1 Å². The van der Waals surface area contributed by atoms with Gasteiger partial charge < -0.3 is 10.4 Å². The van der Waals surface area contributed by atoms with Crippen molar-refractivity contribution < 1.29 is 9.90 Å². The summed E-state index contributed by atoms with van der Waals surface area (Å²) < 4.78 is 0. The van der Waals surface area contributed by atoms with Crippen LogP contribution in [0.4, 0.5) is 0 Å². The lowest BCUT2D eigenvalue weighted by Gasteiger charge is -2.07. The van der Waals surface area contributed by atoms with Gasteiger partial charge in [-0.15, -0.1) is 0 Å². The SMILES string of the molecule is Cc1ccc(C(=O)NCCc2ccc(CO)cc2)cc1Cl. The summed E-state index contributed by atoms with van der Waals surface area (Å²) in [5.74, 6) is -0.121. The highest BCUT2D eigenvalue weighted by Crippen LogP contribution is 2.16. The fraction of sp³-hybridized carbons (Fsp3) is 0.235. The van der Waals surface area contributed by atoms with E-state index in [-0.39, 0.29) is 12.5 Å². The van der Waals surface area contributed by atoms with Crippen molar-refractivity contribution in [3.8, 4) is 0 Å². The Labute approximate surface area is 129 Å². The number of halogens is 1. The highest BCUT2D eigenvalue weighted by molar-refractivity contribution is 6.31. The molecule has 0 radical (unpaired) electrons. The van der Waals surface area contributed by atoms with E-state index in [1.54, 1.807) is 12.1 Å². The third kappa shape index (κ3) is 4.31. The molecule has 0 fully saturated rings. The summed E-state index contributed by atoms with van der Waals surface area (Å²) in [6.45, 7) is 2.51. The van der Waals surface area contributed by atoms with Crippen LogP contribution >= 0.6 is 11.6 Å². The molecule has 0 bridgehead atoms. The molecule has 2 N–H and O–H groups in total. The molecular weight excluding hydrogens is 286 g/mol. The van der Waals surface area contributed by atoms with Crippen LogP contribution in [0.15, 0.2) is 42.5 Å². The first-order chi connectivity index (χ1) is 10.1. The van der Waals surface area contributed by atoms with Crippen LogP contribution in [-0.4, -0.2) is 17.6 Å². The number of benzene rings is 2. The Hall–Kier alpha value is -1.84. The fourth-order valence-corrected chi connectivity index (χ4v) is 2.15. The highest BCUT2D eigenvalue weighted by Gasteiger charge is 2.06. The molecule has 0 aliphatic rings. The summed E-state index contributed by atoms with van der Waals surface area (Å²) in [5, 5.41) is 12.5. The summed E-state index contributed by atoms with van der Waals surface area (Å²) in [7, 11) is 0. The van der Waals surface area contributed by atoms with Gasteiger partial charge in [0.05, 0.1) is 6.61 Å². The normalized spacial score (nSPS) is 10.4. The van der Waals surface area contributed by atoms with Crippen molar-refractivity contribution in [1.82, 2.24) is 5.32 Å². The molecule has 4 heteroatoms. The van der Waals surface area contributed by atoms with E-state index < -0.39 is 0 Å². The molecule has 0 heterocycles. The quantitative estimate of drug-likeness (QED) is 0.891. The van der Waals surface area contributed by atoms with Crippen molar-refractivity contribution in [2.45, 2.75) is 20.0 Å². The molecule has 0 saturated heterocycles. The van der Waals surface area contributed by atoms with Crippen LogP contribution in [-0.2, 0) is 13.0 Å². The lowest BCUT2D eigenvalue weighted by molar-refractivity contribution is 0.0954. The Kier molecular flexibility index (Phi) is 5.37. The fourth-order valence-electron chi connectivity index (χ4n) is 1.97. The minimum absolute atomic E-state index is 0.0468. The van der Waals surface area contributed by atoms with Crippen molar-refractivity contribution in [2.24, 2.45) is 0 Å². The Balaban J connectivity index is 1.87. The van der Waals surface area contributed by atoms with Gasteiger partial charge in [0.25, 0.3) is 5.91 Å². The second-order valence-electron chi connectivity index (χ2n) is 4.94. The van der Waals surface area contributed by atoms with Gasteiger partial charge in [-0.05, 0) is 42.2 Å². The number of aryl methyl sites for hydroxylation is 1. The molecule has 0 aromatic heterocycles. The standard InChI is InChI=1S/C17H18ClNO2/c1-12-2-7-15(10-16(12)18)17(21)19-9-8-13-3-5-14(11-20)6-4-13/h2-7,10,20H,8-9,11H2,1H3,(H,19,21). The Morgan fingerprint density at radius 3 is 2.43 bits per heavy atom. The summed E-state index contributed by atoms with van der Waals surface area (Å²) >= 11 is 6.02. The molecule has 1 amide bonds. The van der Waals surface area contributed by atoms with E-state index in [0.29, 0.717) is 17.1 Å². The smallest absolute Gasteiger partial charge is 0.251 e. The average molecular weight is 304 g/mol. The molecule has 2 aromatic rings. The first-order valence-corrected chi connectivity index (χ1v) is 7.21. The summed E-state index contributed by atoms with van der Waals surface area (Å²) in [5.41, 5.74) is 3.53. The molecule has 110 valence electrons. The third-order valence-electron chi connectivity index (χ3n) is 3.34. The van der Waals surface area contributed by atoms with Crippen LogP contribution in [0.3, 0.4) is 0 Å². The maximum Gasteiger partial charge on any atom is 0.251 e. The van der Waals surface area contributed by atoms with Crippen molar-refractivity contribution in [2.75, 3.05) is 6.54 Å². The number of aliphatic hydroxyl groups excluding tert-OH is 1. The van der Waals surface area contributed by atoms with E-state index >= 15 is 0 Å². The third-order valence-corrected chi connectivity index (χ3v) is 3.75. The molecule has 2 aromatic carbocycles. The monoisotopic (exact) mass is 303 g/mol. The number of rotatable bonds is 5. The maximum absolute atomic E-state index is 12.0. The topological polar surface area (TPSA) is 49.3 Å². The van der Waals surface area contributed by atoms with Crippen LogP contribution in [0.25, 0.3) is 0 Å². The predicted octanol–water partition coefficient (Wildman–Crippen LogP) is 3.11. The average Bonchev–Trinajstić information content (AvgIpc) is 2.50. The maximum atomic E-state index is 12.0. The first-order valence-electron chi connectivity index (χ1n) is 6.83. The van der Waals surface area contributed by atoms with E-state index in [9.17, 15) is 4.79 Å². The zero-order valence-corrected chi connectivity index (χ0v) is 12.7. The van der Waals surface area contributed by atoms with Crippen molar-refractivity contribution in [3.05, 3.63) is 69.7 Å². The molecule has 0 saturated carbocycles. The summed E-state index contributed by atoms with van der Waals surface area (Å²) in [4.78, 5) is 12.0. The molecule has 0 unspecified atom stereocenters. The Bertz CT molecular complexity index is 623. The second-order valence-corrected chi connectivity index (χ2v) is 5.35. The van der Waals surface area contributed by atoms with Gasteiger partial charge in [-0.2, -0.15) is 0 Å². The number of amides is 1. The lowest BCUT2D eigenvalue weighted by Crippen LogP contribution is -2.25. The lowest BCUT2D eigenvalue weighted by atomic mass is 10.1. The molecule has 0 aliphatic carbocycles. The van der Waals surface area contributed by atoms with Gasteiger partial charge in [-0.25, -0.2) is 0 Å². The molecule has 0 aliphatic heterocycles. The second kappa shape index (κ2) is 7.25. The minimum atomic E-state index is -0.121. The van der Waals surface area contributed by atoms with Gasteiger partial charge in [0.2, 0.25) is 0 Å². The zero-order chi connectivity index (χ0) is 15.2. The number of carbonyl (C=O) groups is 1.